The summed E-state index contributed by atoms with van der Waals surface area (Å²) in [5.74, 6) is 0. The Hall–Kier alpha value is -4.35. The molecule has 3 fully saturated rings. The Labute approximate surface area is 350 Å². The zero-order valence-electron chi connectivity index (χ0n) is 33.4. The number of hydrogen-bond donors (Lipinski definition) is 1. The van der Waals surface area contributed by atoms with E-state index in [-0.39, 0.29) is 31.3 Å². The largest absolute Gasteiger partial charge is 0.375 e. The van der Waals surface area contributed by atoms with E-state index in [1.54, 1.807) is 25.1 Å². The van der Waals surface area contributed by atoms with Crippen LogP contribution in [-0.2, 0) is 72.3 Å². The molecule has 3 heterocycles. The molecule has 3 aliphatic rings. The van der Waals surface area contributed by atoms with Crippen LogP contribution in [0.1, 0.15) is 34.1 Å². The molecule has 1 N–H and O–H groups in total. The van der Waals surface area contributed by atoms with Gasteiger partial charge in [0.1, 0.15) is 42.7 Å². The smallest absolute Gasteiger partial charge is 0.207 e. The highest BCUT2D eigenvalue weighted by molar-refractivity contribution is 7.92. The molecule has 0 saturated carbocycles. The molecule has 0 spiro atoms. The standard InChI is InChI=1S/C47H50O12S/c1-31-17-15-16-26-37(31)60(49,50)44(48)41-40(53-28-33-20-9-4-10-21-33)42(54-29-34-22-11-5-12-23-34)47(58-41)59-43-39(52-27-32-18-7-3-8-19-32)38-36(56-46(43)51-2)30-55-45(57-38)35-24-13-6-14-25-35/h3-26,36,38-48H,27-30H2,1-2H3/t36-,38-,39+,40-,41-,42+,43+,44?,45?,46+,47+/m1/s1. The van der Waals surface area contributed by atoms with Crippen molar-refractivity contribution < 1.29 is 56.2 Å². The first-order valence-corrected chi connectivity index (χ1v) is 21.6. The molecule has 3 saturated heterocycles. The minimum Gasteiger partial charge on any atom is -0.375 e. The molecule has 5 aromatic carbocycles. The number of methoxy groups -OCH3 is 1. The van der Waals surface area contributed by atoms with Crippen LogP contribution >= 0.6 is 0 Å². The van der Waals surface area contributed by atoms with Crippen LogP contribution in [0.2, 0.25) is 0 Å². The Morgan fingerprint density at radius 1 is 0.617 bits per heavy atom. The second kappa shape index (κ2) is 19.6. The van der Waals surface area contributed by atoms with Crippen molar-refractivity contribution in [2.45, 2.75) is 98.7 Å². The summed E-state index contributed by atoms with van der Waals surface area (Å²) >= 11 is 0. The van der Waals surface area contributed by atoms with Gasteiger partial charge in [0, 0.05) is 12.7 Å². The van der Waals surface area contributed by atoms with Crippen molar-refractivity contribution in [1.82, 2.24) is 0 Å². The van der Waals surface area contributed by atoms with E-state index in [0.717, 1.165) is 22.3 Å². The lowest BCUT2D eigenvalue weighted by Gasteiger charge is -2.49. The Kier molecular flexibility index (Phi) is 13.8. The molecule has 11 atom stereocenters. The fourth-order valence-electron chi connectivity index (χ4n) is 7.84. The fraction of sp³-hybridized carbons (Fsp3) is 0.362. The summed E-state index contributed by atoms with van der Waals surface area (Å²) in [5, 5.41) is 12.0. The highest BCUT2D eigenvalue weighted by atomic mass is 32.2. The van der Waals surface area contributed by atoms with Gasteiger partial charge in [-0.25, -0.2) is 8.42 Å². The van der Waals surface area contributed by atoms with Gasteiger partial charge < -0.3 is 47.7 Å². The Balaban J connectivity index is 1.16. The quantitative estimate of drug-likeness (QED) is 0.117. The van der Waals surface area contributed by atoms with Crippen molar-refractivity contribution in [3.63, 3.8) is 0 Å². The van der Waals surface area contributed by atoms with Crippen molar-refractivity contribution in [2.24, 2.45) is 0 Å². The highest BCUT2D eigenvalue weighted by Crippen LogP contribution is 2.40. The van der Waals surface area contributed by atoms with E-state index in [1.165, 1.54) is 13.2 Å². The summed E-state index contributed by atoms with van der Waals surface area (Å²) in [5.41, 5.74) is 1.81. The van der Waals surface area contributed by atoms with E-state index in [1.807, 2.05) is 121 Å². The second-order valence-corrected chi connectivity index (χ2v) is 17.0. The van der Waals surface area contributed by atoms with Gasteiger partial charge in [-0.1, -0.05) is 140 Å². The van der Waals surface area contributed by atoms with Gasteiger partial charge in [-0.2, -0.15) is 0 Å². The average molecular weight is 839 g/mol. The third-order valence-corrected chi connectivity index (χ3v) is 12.9. The van der Waals surface area contributed by atoms with Crippen LogP contribution < -0.4 is 0 Å². The predicted molar refractivity (Wildman–Crippen MR) is 219 cm³/mol. The number of aliphatic hydroxyl groups is 1. The molecule has 0 amide bonds. The fourth-order valence-corrected chi connectivity index (χ4v) is 9.46. The van der Waals surface area contributed by atoms with E-state index in [2.05, 4.69) is 0 Å². The summed E-state index contributed by atoms with van der Waals surface area (Å²) in [6.07, 6.45) is -9.89. The van der Waals surface area contributed by atoms with Crippen LogP contribution in [-0.4, -0.2) is 88.0 Å². The number of aliphatic hydroxyl groups excluding tert-OH is 1. The molecular weight excluding hydrogens is 789 g/mol. The van der Waals surface area contributed by atoms with Crippen molar-refractivity contribution in [3.8, 4) is 0 Å². The number of rotatable bonds is 16. The van der Waals surface area contributed by atoms with Crippen LogP contribution in [0.15, 0.2) is 150 Å². The number of sulfone groups is 1. The Morgan fingerprint density at radius 3 is 1.70 bits per heavy atom. The minimum absolute atomic E-state index is 0.0285. The molecule has 12 nitrogen and oxygen atoms in total. The van der Waals surface area contributed by atoms with Crippen LogP contribution in [0.3, 0.4) is 0 Å². The predicted octanol–water partition coefficient (Wildman–Crippen LogP) is 6.44. The molecule has 316 valence electrons. The number of aryl methyl sites for hydroxylation is 1. The van der Waals surface area contributed by atoms with Gasteiger partial charge in [-0.3, -0.25) is 0 Å². The number of benzene rings is 5. The molecule has 0 bridgehead atoms. The molecule has 5 aromatic rings. The molecule has 0 aliphatic carbocycles. The molecule has 3 aliphatic heterocycles. The van der Waals surface area contributed by atoms with Crippen molar-refractivity contribution in [1.29, 1.82) is 0 Å². The average Bonchev–Trinajstić information content (AvgIpc) is 3.63. The molecular formula is C47H50O12S. The lowest BCUT2D eigenvalue weighted by Crippen LogP contribution is -2.64. The van der Waals surface area contributed by atoms with E-state index >= 15 is 0 Å². The first-order chi connectivity index (χ1) is 29.3. The van der Waals surface area contributed by atoms with Crippen LogP contribution in [0.25, 0.3) is 0 Å². The maximum atomic E-state index is 14.3. The van der Waals surface area contributed by atoms with Gasteiger partial charge in [-0.15, -0.1) is 0 Å². The van der Waals surface area contributed by atoms with Crippen LogP contribution in [0.5, 0.6) is 0 Å². The van der Waals surface area contributed by atoms with Gasteiger partial charge in [0.25, 0.3) is 0 Å². The maximum Gasteiger partial charge on any atom is 0.207 e. The number of hydrogen-bond acceptors (Lipinski definition) is 12. The monoisotopic (exact) mass is 838 g/mol. The molecule has 0 radical (unpaired) electrons. The first-order valence-electron chi connectivity index (χ1n) is 20.1. The Bertz CT molecular complexity index is 2200. The number of ether oxygens (including phenoxy) is 9. The SMILES string of the molecule is CO[C@H]1O[C@@H]2COC(c3ccccc3)O[C@H]2[C@H](OCc2ccccc2)[C@@H]1O[C@@H]1O[C@@H](C(O)S(=O)(=O)c2ccccc2C)[C@@H](OCc2ccccc2)[C@@H]1OCc1ccccc1. The minimum atomic E-state index is -4.40. The molecule has 13 heteroatoms. The normalized spacial score (nSPS) is 28.5. The number of fused-ring (bicyclic) bond motifs is 1. The third kappa shape index (κ3) is 9.57. The van der Waals surface area contributed by atoms with E-state index in [0.29, 0.717) is 5.56 Å². The lowest BCUT2D eigenvalue weighted by atomic mass is 9.97. The Morgan fingerprint density at radius 2 is 1.13 bits per heavy atom. The molecule has 2 unspecified atom stereocenters. The molecule has 8 rings (SSSR count). The van der Waals surface area contributed by atoms with E-state index in [4.69, 9.17) is 42.6 Å². The van der Waals surface area contributed by atoms with Crippen molar-refractivity contribution in [2.75, 3.05) is 13.7 Å². The summed E-state index contributed by atoms with van der Waals surface area (Å²) in [7, 11) is -2.90. The van der Waals surface area contributed by atoms with Crippen LogP contribution in [0.4, 0.5) is 0 Å². The van der Waals surface area contributed by atoms with Gasteiger partial charge in [0.05, 0.1) is 31.3 Å². The van der Waals surface area contributed by atoms with Gasteiger partial charge in [0.15, 0.2) is 24.3 Å². The van der Waals surface area contributed by atoms with E-state index < -0.39 is 76.9 Å². The summed E-state index contributed by atoms with van der Waals surface area (Å²) in [4.78, 5) is -0.0285. The van der Waals surface area contributed by atoms with Gasteiger partial charge in [0.2, 0.25) is 9.84 Å². The van der Waals surface area contributed by atoms with Crippen molar-refractivity contribution >= 4 is 9.84 Å². The van der Waals surface area contributed by atoms with Gasteiger partial charge in [-0.05, 0) is 35.2 Å². The topological polar surface area (TPSA) is 137 Å². The zero-order chi connectivity index (χ0) is 41.5. The zero-order valence-corrected chi connectivity index (χ0v) is 34.2. The highest BCUT2D eigenvalue weighted by Gasteiger charge is 2.58. The maximum absolute atomic E-state index is 14.3. The molecule has 0 aromatic heterocycles. The summed E-state index contributed by atoms with van der Waals surface area (Å²) < 4.78 is 87.1. The summed E-state index contributed by atoms with van der Waals surface area (Å²) in [6, 6.07) is 44.7. The van der Waals surface area contributed by atoms with E-state index in [9.17, 15) is 13.5 Å². The first kappa shape index (κ1) is 42.3. The summed E-state index contributed by atoms with van der Waals surface area (Å²) in [6.45, 7) is 2.22. The second-order valence-electron chi connectivity index (χ2n) is 15.0. The van der Waals surface area contributed by atoms with Crippen molar-refractivity contribution in [3.05, 3.63) is 173 Å². The third-order valence-electron chi connectivity index (χ3n) is 10.9. The van der Waals surface area contributed by atoms with Crippen LogP contribution in [0, 0.1) is 6.92 Å². The molecule has 60 heavy (non-hydrogen) atoms. The van der Waals surface area contributed by atoms with Gasteiger partial charge >= 0.3 is 0 Å². The lowest BCUT2D eigenvalue weighted by molar-refractivity contribution is -0.382.